The van der Waals surface area contributed by atoms with E-state index in [1.807, 2.05) is 31.2 Å². The summed E-state index contributed by atoms with van der Waals surface area (Å²) >= 11 is 3.08. The van der Waals surface area contributed by atoms with Crippen molar-refractivity contribution >= 4 is 40.2 Å². The fourth-order valence-electron chi connectivity index (χ4n) is 1.51. The van der Waals surface area contributed by atoms with Crippen molar-refractivity contribution in [3.05, 3.63) is 24.3 Å². The Bertz CT molecular complexity index is 460. The van der Waals surface area contributed by atoms with Crippen LogP contribution in [0.4, 0.5) is 5.69 Å². The van der Waals surface area contributed by atoms with E-state index in [-0.39, 0.29) is 5.25 Å². The summed E-state index contributed by atoms with van der Waals surface area (Å²) in [6.07, 6.45) is 0.616. The van der Waals surface area contributed by atoms with Crippen molar-refractivity contribution in [1.29, 1.82) is 0 Å². The van der Waals surface area contributed by atoms with Crippen LogP contribution >= 0.6 is 23.5 Å². The van der Waals surface area contributed by atoms with Crippen molar-refractivity contribution < 1.29 is 9.90 Å². The van der Waals surface area contributed by atoms with Gasteiger partial charge in [-0.05, 0) is 18.6 Å². The van der Waals surface area contributed by atoms with Crippen LogP contribution in [0.2, 0.25) is 0 Å². The number of carbonyl (C=O) groups is 1. The van der Waals surface area contributed by atoms with Gasteiger partial charge in [0.2, 0.25) is 0 Å². The molecule has 0 amide bonds. The third kappa shape index (κ3) is 3.04. The normalized spacial score (nSPS) is 15.9. The van der Waals surface area contributed by atoms with Crippen LogP contribution in [-0.4, -0.2) is 27.1 Å². The van der Waals surface area contributed by atoms with E-state index in [1.165, 1.54) is 16.7 Å². The molecular weight excluding hydrogens is 254 g/mol. The van der Waals surface area contributed by atoms with Crippen LogP contribution in [0.5, 0.6) is 0 Å². The Hall–Kier alpha value is -0.940. The molecule has 1 N–H and O–H groups in total. The molecule has 2 rings (SSSR count). The Balaban J connectivity index is 2.14. The van der Waals surface area contributed by atoms with Gasteiger partial charge in [-0.25, -0.2) is 4.99 Å². The molecule has 1 aliphatic rings. The predicted octanol–water partition coefficient (Wildman–Crippen LogP) is 3.42. The summed E-state index contributed by atoms with van der Waals surface area (Å²) in [4.78, 5) is 16.6. The minimum absolute atomic E-state index is 0.389. The molecule has 0 saturated heterocycles. The first-order valence-electron chi connectivity index (χ1n) is 5.39. The van der Waals surface area contributed by atoms with E-state index in [9.17, 15) is 4.79 Å². The maximum absolute atomic E-state index is 11.0. The van der Waals surface area contributed by atoms with Crippen LogP contribution in [0.1, 0.15) is 13.3 Å². The van der Waals surface area contributed by atoms with Gasteiger partial charge >= 0.3 is 5.97 Å². The number of hydrogen-bond donors (Lipinski definition) is 1. The van der Waals surface area contributed by atoms with E-state index in [4.69, 9.17) is 5.11 Å². The van der Waals surface area contributed by atoms with Gasteiger partial charge in [0.05, 0.1) is 10.7 Å². The smallest absolute Gasteiger partial charge is 0.317 e. The molecule has 0 aliphatic carbocycles. The average Bonchev–Trinajstić information content (AvgIpc) is 2.35. The summed E-state index contributed by atoms with van der Waals surface area (Å²) in [5, 5.41) is 9.53. The maximum atomic E-state index is 11.0. The lowest BCUT2D eigenvalue weighted by molar-refractivity contribution is -0.136. The number of aliphatic carboxylic acids is 1. The number of rotatable bonds is 3. The molecule has 1 heterocycles. The fourth-order valence-corrected chi connectivity index (χ4v) is 3.49. The molecule has 0 aromatic heterocycles. The summed E-state index contributed by atoms with van der Waals surface area (Å²) in [6.45, 7) is 1.89. The maximum Gasteiger partial charge on any atom is 0.317 e. The van der Waals surface area contributed by atoms with Gasteiger partial charge in [-0.15, -0.1) is 11.8 Å². The number of fused-ring (bicyclic) bond motifs is 1. The van der Waals surface area contributed by atoms with Crippen molar-refractivity contribution in [3.8, 4) is 0 Å². The van der Waals surface area contributed by atoms with Crippen LogP contribution < -0.4 is 0 Å². The number of para-hydroxylation sites is 1. The second kappa shape index (κ2) is 5.60. The highest BCUT2D eigenvalue weighted by Crippen LogP contribution is 2.36. The van der Waals surface area contributed by atoms with Crippen molar-refractivity contribution in [2.24, 2.45) is 4.99 Å². The van der Waals surface area contributed by atoms with Crippen LogP contribution in [0, 0.1) is 0 Å². The lowest BCUT2D eigenvalue weighted by Crippen LogP contribution is -2.18. The topological polar surface area (TPSA) is 49.7 Å². The summed E-state index contributed by atoms with van der Waals surface area (Å²) in [5.41, 5.74) is 0.950. The van der Waals surface area contributed by atoms with E-state index >= 15 is 0 Å². The zero-order valence-corrected chi connectivity index (χ0v) is 11.1. The number of benzene rings is 1. The quantitative estimate of drug-likeness (QED) is 0.911. The van der Waals surface area contributed by atoms with Crippen molar-refractivity contribution in [3.63, 3.8) is 0 Å². The Morgan fingerprint density at radius 1 is 1.59 bits per heavy atom. The molecule has 1 aliphatic heterocycles. The third-order valence-corrected chi connectivity index (χ3v) is 4.97. The number of thioether (sulfide) groups is 2. The number of carboxylic acids is 1. The molecular formula is C12H13NO2S2. The lowest BCUT2D eigenvalue weighted by atomic mass is 10.3. The van der Waals surface area contributed by atoms with E-state index in [0.717, 1.165) is 16.5 Å². The monoisotopic (exact) mass is 267 g/mol. The second-order valence-electron chi connectivity index (χ2n) is 3.61. The standard InChI is InChI=1S/C12H13NO2S2/c1-2-9(12(14)15)17-11-7-16-10-6-4-3-5-8(10)13-11/h3-6,9H,2,7H2,1H3,(H,14,15). The van der Waals surface area contributed by atoms with Gasteiger partial charge in [0.1, 0.15) is 5.25 Å². The summed E-state index contributed by atoms with van der Waals surface area (Å²) in [6, 6.07) is 7.94. The Labute approximate surface area is 109 Å². The first-order valence-corrected chi connectivity index (χ1v) is 7.26. The number of nitrogens with zero attached hydrogens (tertiary/aromatic N) is 1. The molecule has 5 heteroatoms. The largest absolute Gasteiger partial charge is 0.480 e. The first kappa shape index (κ1) is 12.5. The van der Waals surface area contributed by atoms with Crippen LogP contribution in [0.3, 0.4) is 0 Å². The molecule has 0 saturated carbocycles. The zero-order valence-electron chi connectivity index (χ0n) is 9.42. The van der Waals surface area contributed by atoms with Crippen molar-refractivity contribution in [1.82, 2.24) is 0 Å². The molecule has 0 radical (unpaired) electrons. The van der Waals surface area contributed by atoms with E-state index in [1.54, 1.807) is 11.8 Å². The van der Waals surface area contributed by atoms with Gasteiger partial charge < -0.3 is 5.11 Å². The summed E-state index contributed by atoms with van der Waals surface area (Å²) < 4.78 is 0. The van der Waals surface area contributed by atoms with Gasteiger partial charge in [-0.3, -0.25) is 4.79 Å². The Morgan fingerprint density at radius 3 is 3.06 bits per heavy atom. The Kier molecular flexibility index (Phi) is 4.12. The van der Waals surface area contributed by atoms with E-state index < -0.39 is 5.97 Å². The van der Waals surface area contributed by atoms with Gasteiger partial charge in [0.15, 0.2) is 0 Å². The minimum Gasteiger partial charge on any atom is -0.480 e. The van der Waals surface area contributed by atoms with Crippen molar-refractivity contribution in [2.45, 2.75) is 23.5 Å². The zero-order chi connectivity index (χ0) is 12.3. The molecule has 1 aromatic carbocycles. The van der Waals surface area contributed by atoms with Crippen LogP contribution in [0.15, 0.2) is 34.2 Å². The molecule has 1 atom stereocenters. The molecule has 1 aromatic rings. The van der Waals surface area contributed by atoms with Gasteiger partial charge in [0.25, 0.3) is 0 Å². The van der Waals surface area contributed by atoms with E-state index in [0.29, 0.717) is 6.42 Å². The first-order chi connectivity index (χ1) is 8.20. The predicted molar refractivity (Wildman–Crippen MR) is 73.6 cm³/mol. The van der Waals surface area contributed by atoms with Crippen molar-refractivity contribution in [2.75, 3.05) is 5.75 Å². The molecule has 17 heavy (non-hydrogen) atoms. The summed E-state index contributed by atoms with van der Waals surface area (Å²) in [5.74, 6) is 0.00917. The van der Waals surface area contributed by atoms with Gasteiger partial charge in [-0.2, -0.15) is 0 Å². The summed E-state index contributed by atoms with van der Waals surface area (Å²) in [7, 11) is 0. The highest BCUT2D eigenvalue weighted by molar-refractivity contribution is 8.17. The average molecular weight is 267 g/mol. The molecule has 0 fully saturated rings. The molecule has 0 spiro atoms. The molecule has 90 valence electrons. The molecule has 3 nitrogen and oxygen atoms in total. The van der Waals surface area contributed by atoms with Gasteiger partial charge in [-0.1, -0.05) is 30.8 Å². The number of hydrogen-bond acceptors (Lipinski definition) is 4. The molecule has 0 bridgehead atoms. The highest BCUT2D eigenvalue weighted by atomic mass is 32.2. The third-order valence-electron chi connectivity index (χ3n) is 2.39. The van der Waals surface area contributed by atoms with Crippen LogP contribution in [0.25, 0.3) is 0 Å². The SMILES string of the molecule is CCC(SC1=Nc2ccccc2SC1)C(=O)O. The fraction of sp³-hybridized carbons (Fsp3) is 0.333. The minimum atomic E-state index is -0.760. The second-order valence-corrected chi connectivity index (χ2v) is 5.91. The van der Waals surface area contributed by atoms with Gasteiger partial charge in [0, 0.05) is 10.6 Å². The highest BCUT2D eigenvalue weighted by Gasteiger charge is 2.21. The molecule has 1 unspecified atom stereocenters. The number of aliphatic imine (C=N–C) groups is 1. The van der Waals surface area contributed by atoms with Crippen LogP contribution in [-0.2, 0) is 4.79 Å². The Morgan fingerprint density at radius 2 is 2.35 bits per heavy atom. The van der Waals surface area contributed by atoms with E-state index in [2.05, 4.69) is 4.99 Å². The number of carboxylic acid groups (broad SMARTS) is 1. The lowest BCUT2D eigenvalue weighted by Gasteiger charge is -2.16.